The predicted octanol–water partition coefficient (Wildman–Crippen LogP) is 1.71. The Morgan fingerprint density at radius 2 is 1.80 bits per heavy atom. The lowest BCUT2D eigenvalue weighted by Crippen LogP contribution is -2.42. The molecule has 0 radical (unpaired) electrons. The minimum Gasteiger partial charge on any atom is -0.330 e. The van der Waals surface area contributed by atoms with Crippen LogP contribution in [-0.4, -0.2) is 24.4 Å². The quantitative estimate of drug-likeness (QED) is 0.605. The highest BCUT2D eigenvalue weighted by Crippen LogP contribution is 2.08. The molecule has 0 aromatic heterocycles. The van der Waals surface area contributed by atoms with Gasteiger partial charge >= 0.3 is 0 Å². The first-order chi connectivity index (χ1) is 6.99. The van der Waals surface area contributed by atoms with E-state index in [0.717, 1.165) is 19.3 Å². The number of ketones is 1. The molecule has 0 rings (SSSR count). The first-order valence-corrected chi connectivity index (χ1v) is 5.98. The summed E-state index contributed by atoms with van der Waals surface area (Å²) in [6, 6.07) is 0.368. The van der Waals surface area contributed by atoms with E-state index in [4.69, 9.17) is 5.73 Å². The van der Waals surface area contributed by atoms with Crippen LogP contribution < -0.4 is 11.1 Å². The van der Waals surface area contributed by atoms with E-state index >= 15 is 0 Å². The fraction of sp³-hybridized carbons (Fsp3) is 0.917. The summed E-state index contributed by atoms with van der Waals surface area (Å²) in [4.78, 5) is 11.9. The van der Waals surface area contributed by atoms with Crippen LogP contribution in [0.15, 0.2) is 0 Å². The minimum absolute atomic E-state index is 0.0107. The lowest BCUT2D eigenvalue weighted by Gasteiger charge is -2.21. The molecule has 0 aliphatic carbocycles. The zero-order valence-electron chi connectivity index (χ0n) is 10.5. The van der Waals surface area contributed by atoms with Gasteiger partial charge < -0.3 is 11.1 Å². The Morgan fingerprint density at radius 3 is 2.20 bits per heavy atom. The van der Waals surface area contributed by atoms with Gasteiger partial charge in [0.05, 0.1) is 6.04 Å². The van der Waals surface area contributed by atoms with Gasteiger partial charge in [0.15, 0.2) is 5.78 Å². The molecule has 0 amide bonds. The van der Waals surface area contributed by atoms with Crippen LogP contribution in [0, 0.1) is 5.92 Å². The van der Waals surface area contributed by atoms with Crippen LogP contribution in [0.2, 0.25) is 0 Å². The highest BCUT2D eigenvalue weighted by Gasteiger charge is 2.20. The fourth-order valence-corrected chi connectivity index (χ4v) is 1.61. The maximum atomic E-state index is 11.9. The van der Waals surface area contributed by atoms with Crippen molar-refractivity contribution in [2.75, 3.05) is 6.54 Å². The molecule has 3 nitrogen and oxygen atoms in total. The molecule has 0 aromatic rings. The molecule has 0 saturated heterocycles. The molecule has 1 atom stereocenters. The van der Waals surface area contributed by atoms with Gasteiger partial charge in [-0.2, -0.15) is 0 Å². The summed E-state index contributed by atoms with van der Waals surface area (Å²) in [7, 11) is 0. The number of nitrogens with one attached hydrogen (secondary N) is 1. The van der Waals surface area contributed by atoms with Crippen LogP contribution >= 0.6 is 0 Å². The molecule has 0 saturated carbocycles. The Bertz CT molecular complexity index is 178. The molecule has 0 aliphatic heterocycles. The average Bonchev–Trinajstić information content (AvgIpc) is 2.14. The second-order valence-electron chi connectivity index (χ2n) is 4.72. The van der Waals surface area contributed by atoms with E-state index in [1.807, 2.05) is 13.8 Å². The molecule has 0 unspecified atom stereocenters. The SMILES string of the molecule is CC(C)N[C@@H](CCCCN)C(=O)C(C)C. The van der Waals surface area contributed by atoms with Crippen LogP contribution in [0.3, 0.4) is 0 Å². The number of nitrogens with two attached hydrogens (primary N) is 1. The highest BCUT2D eigenvalue weighted by molar-refractivity contribution is 5.85. The number of rotatable bonds is 8. The monoisotopic (exact) mass is 214 g/mol. The minimum atomic E-state index is 0.0107. The molecule has 3 N–H and O–H groups in total. The smallest absolute Gasteiger partial charge is 0.152 e. The summed E-state index contributed by atoms with van der Waals surface area (Å²) < 4.78 is 0. The molecule has 0 fully saturated rings. The van der Waals surface area contributed by atoms with Crippen LogP contribution in [0.5, 0.6) is 0 Å². The first-order valence-electron chi connectivity index (χ1n) is 5.98. The van der Waals surface area contributed by atoms with E-state index in [0.29, 0.717) is 18.4 Å². The first kappa shape index (κ1) is 14.6. The van der Waals surface area contributed by atoms with Crippen LogP contribution in [0.4, 0.5) is 0 Å². The van der Waals surface area contributed by atoms with E-state index in [2.05, 4.69) is 19.2 Å². The Balaban J connectivity index is 4.11. The lowest BCUT2D eigenvalue weighted by molar-refractivity contribution is -0.124. The number of hydrogen-bond donors (Lipinski definition) is 2. The summed E-state index contributed by atoms with van der Waals surface area (Å²) >= 11 is 0. The zero-order chi connectivity index (χ0) is 11.8. The van der Waals surface area contributed by atoms with Gasteiger partial charge in [-0.1, -0.05) is 34.1 Å². The number of Topliss-reactive ketones (excluding diaryl/α,β-unsaturated/α-hetero) is 1. The highest BCUT2D eigenvalue weighted by atomic mass is 16.1. The summed E-state index contributed by atoms with van der Waals surface area (Å²) in [5, 5.41) is 3.33. The molecule has 0 spiro atoms. The molecular weight excluding hydrogens is 188 g/mol. The van der Waals surface area contributed by atoms with Gasteiger partial charge in [0.2, 0.25) is 0 Å². The molecule has 15 heavy (non-hydrogen) atoms. The molecule has 0 heterocycles. The van der Waals surface area contributed by atoms with Gasteiger partial charge in [0, 0.05) is 12.0 Å². The molecule has 0 aliphatic rings. The summed E-state index contributed by atoms with van der Waals surface area (Å²) in [6.07, 6.45) is 2.94. The molecular formula is C12H26N2O. The van der Waals surface area contributed by atoms with Crippen molar-refractivity contribution in [2.45, 2.75) is 59.0 Å². The Kier molecular flexibility index (Phi) is 7.61. The number of carbonyl (C=O) groups excluding carboxylic acids is 1. The topological polar surface area (TPSA) is 55.1 Å². The van der Waals surface area contributed by atoms with E-state index in [1.165, 1.54) is 0 Å². The van der Waals surface area contributed by atoms with E-state index < -0.39 is 0 Å². The third-order valence-corrected chi connectivity index (χ3v) is 2.39. The predicted molar refractivity (Wildman–Crippen MR) is 64.8 cm³/mol. The molecule has 0 aromatic carbocycles. The largest absolute Gasteiger partial charge is 0.330 e. The summed E-state index contributed by atoms with van der Waals surface area (Å²) in [5.41, 5.74) is 5.45. The second kappa shape index (κ2) is 7.83. The van der Waals surface area contributed by atoms with Crippen molar-refractivity contribution in [1.82, 2.24) is 5.32 Å². The third kappa shape index (κ3) is 6.63. The van der Waals surface area contributed by atoms with Crippen LogP contribution in [0.25, 0.3) is 0 Å². The average molecular weight is 214 g/mol. The van der Waals surface area contributed by atoms with Gasteiger partial charge in [-0.3, -0.25) is 4.79 Å². The van der Waals surface area contributed by atoms with Gasteiger partial charge in [0.1, 0.15) is 0 Å². The number of unbranched alkanes of at least 4 members (excludes halogenated alkanes) is 1. The van der Waals surface area contributed by atoms with Crippen LogP contribution in [-0.2, 0) is 4.79 Å². The maximum absolute atomic E-state index is 11.9. The van der Waals surface area contributed by atoms with Crippen molar-refractivity contribution in [3.05, 3.63) is 0 Å². The normalized spacial score (nSPS) is 13.5. The summed E-state index contributed by atoms with van der Waals surface area (Å²) in [6.45, 7) is 8.78. The van der Waals surface area contributed by atoms with Crippen molar-refractivity contribution in [3.8, 4) is 0 Å². The van der Waals surface area contributed by atoms with Crippen molar-refractivity contribution < 1.29 is 4.79 Å². The van der Waals surface area contributed by atoms with Crippen molar-refractivity contribution in [3.63, 3.8) is 0 Å². The third-order valence-electron chi connectivity index (χ3n) is 2.39. The molecule has 3 heteroatoms. The molecule has 0 bridgehead atoms. The van der Waals surface area contributed by atoms with Gasteiger partial charge in [0.25, 0.3) is 0 Å². The zero-order valence-corrected chi connectivity index (χ0v) is 10.5. The Morgan fingerprint density at radius 1 is 1.20 bits per heavy atom. The Labute approximate surface area is 93.8 Å². The standard InChI is InChI=1S/C12H26N2O/c1-9(2)12(15)11(14-10(3)4)7-5-6-8-13/h9-11,14H,5-8,13H2,1-4H3/t11-/m0/s1. The van der Waals surface area contributed by atoms with E-state index in [1.54, 1.807) is 0 Å². The van der Waals surface area contributed by atoms with Crippen molar-refractivity contribution in [2.24, 2.45) is 11.7 Å². The second-order valence-corrected chi connectivity index (χ2v) is 4.72. The van der Waals surface area contributed by atoms with Crippen molar-refractivity contribution >= 4 is 5.78 Å². The summed E-state index contributed by atoms with van der Waals surface area (Å²) in [5.74, 6) is 0.430. The lowest BCUT2D eigenvalue weighted by atomic mass is 9.96. The maximum Gasteiger partial charge on any atom is 0.152 e. The van der Waals surface area contributed by atoms with E-state index in [-0.39, 0.29) is 12.0 Å². The van der Waals surface area contributed by atoms with Gasteiger partial charge in [-0.05, 0) is 19.4 Å². The Hall–Kier alpha value is -0.410. The van der Waals surface area contributed by atoms with Crippen LogP contribution in [0.1, 0.15) is 47.0 Å². The van der Waals surface area contributed by atoms with E-state index in [9.17, 15) is 4.79 Å². The van der Waals surface area contributed by atoms with Gasteiger partial charge in [-0.15, -0.1) is 0 Å². The fourth-order valence-electron chi connectivity index (χ4n) is 1.61. The number of carbonyl (C=O) groups is 1. The number of hydrogen-bond acceptors (Lipinski definition) is 3. The molecule has 90 valence electrons. The van der Waals surface area contributed by atoms with Crippen molar-refractivity contribution in [1.29, 1.82) is 0 Å². The van der Waals surface area contributed by atoms with Gasteiger partial charge in [-0.25, -0.2) is 0 Å².